The van der Waals surface area contributed by atoms with E-state index >= 15 is 0 Å². The molecule has 27 heavy (non-hydrogen) atoms. The third-order valence-electron chi connectivity index (χ3n) is 4.53. The molecule has 0 fully saturated rings. The van der Waals surface area contributed by atoms with Crippen molar-refractivity contribution >= 4 is 21.6 Å². The van der Waals surface area contributed by atoms with E-state index < -0.39 is 11.9 Å². The van der Waals surface area contributed by atoms with Crippen molar-refractivity contribution in [2.75, 3.05) is 0 Å². The predicted molar refractivity (Wildman–Crippen MR) is 105 cm³/mol. The van der Waals surface area contributed by atoms with Crippen LogP contribution < -0.4 is 5.56 Å². The zero-order valence-electron chi connectivity index (χ0n) is 14.6. The fourth-order valence-corrected chi connectivity index (χ4v) is 3.96. The summed E-state index contributed by atoms with van der Waals surface area (Å²) in [5.74, 6) is -0.424. The molecule has 1 unspecified atom stereocenters. The fraction of sp³-hybridized carbons (Fsp3) is 0.143. The minimum atomic E-state index is -1.00. The van der Waals surface area contributed by atoms with Crippen molar-refractivity contribution in [2.24, 2.45) is 0 Å². The van der Waals surface area contributed by atoms with Crippen molar-refractivity contribution < 1.29 is 9.50 Å². The van der Waals surface area contributed by atoms with Gasteiger partial charge in [-0.15, -0.1) is 11.3 Å². The van der Waals surface area contributed by atoms with Crippen molar-refractivity contribution in [1.82, 2.24) is 9.55 Å². The standard InChI is InChI=1S/C21H17FN2O2S/c1-13-5-7-14(8-6-13)17-11-27-20-19(17)21(26)24(12-23-20)10-18(25)15-3-2-4-16(22)9-15/h2-9,11-12,18,25H,10H2,1H3. The van der Waals surface area contributed by atoms with Crippen LogP contribution in [0.3, 0.4) is 0 Å². The van der Waals surface area contributed by atoms with Crippen LogP contribution in [0.4, 0.5) is 4.39 Å². The molecule has 2 heterocycles. The highest BCUT2D eigenvalue weighted by atomic mass is 32.1. The molecule has 4 rings (SSSR count). The van der Waals surface area contributed by atoms with Crippen molar-refractivity contribution in [3.63, 3.8) is 0 Å². The maximum absolute atomic E-state index is 13.4. The molecule has 1 atom stereocenters. The molecule has 2 aromatic heterocycles. The minimum Gasteiger partial charge on any atom is -0.387 e. The molecule has 0 radical (unpaired) electrons. The second kappa shape index (κ2) is 7.06. The number of thiophene rings is 1. The number of hydrogen-bond donors (Lipinski definition) is 1. The van der Waals surface area contributed by atoms with Gasteiger partial charge >= 0.3 is 0 Å². The number of fused-ring (bicyclic) bond motifs is 1. The van der Waals surface area contributed by atoms with Crippen molar-refractivity contribution in [1.29, 1.82) is 0 Å². The Bertz CT molecular complexity index is 1160. The van der Waals surface area contributed by atoms with E-state index in [0.717, 1.165) is 16.7 Å². The van der Waals surface area contributed by atoms with Gasteiger partial charge in [0.2, 0.25) is 0 Å². The van der Waals surface area contributed by atoms with Crippen LogP contribution in [0.15, 0.2) is 65.0 Å². The lowest BCUT2D eigenvalue weighted by Gasteiger charge is -2.13. The highest BCUT2D eigenvalue weighted by molar-refractivity contribution is 7.17. The van der Waals surface area contributed by atoms with Crippen molar-refractivity contribution in [3.05, 3.63) is 87.5 Å². The summed E-state index contributed by atoms with van der Waals surface area (Å²) in [5, 5.41) is 12.9. The Balaban J connectivity index is 1.74. The third kappa shape index (κ3) is 3.41. The van der Waals surface area contributed by atoms with Gasteiger partial charge in [0.1, 0.15) is 10.6 Å². The van der Waals surface area contributed by atoms with Gasteiger partial charge in [-0.25, -0.2) is 9.37 Å². The summed E-state index contributed by atoms with van der Waals surface area (Å²) >= 11 is 1.42. The Morgan fingerprint density at radius 1 is 1.22 bits per heavy atom. The maximum Gasteiger partial charge on any atom is 0.262 e. The highest BCUT2D eigenvalue weighted by Gasteiger charge is 2.16. The zero-order valence-corrected chi connectivity index (χ0v) is 15.4. The molecule has 1 N–H and O–H groups in total. The summed E-state index contributed by atoms with van der Waals surface area (Å²) in [7, 11) is 0. The van der Waals surface area contributed by atoms with E-state index in [-0.39, 0.29) is 12.1 Å². The molecule has 2 aromatic carbocycles. The van der Waals surface area contributed by atoms with Crippen LogP contribution in [0.25, 0.3) is 21.3 Å². The first kappa shape index (κ1) is 17.6. The van der Waals surface area contributed by atoms with E-state index in [1.807, 2.05) is 36.6 Å². The molecule has 0 bridgehead atoms. The number of nitrogens with zero attached hydrogens (tertiary/aromatic N) is 2. The normalized spacial score (nSPS) is 12.4. The molecular formula is C21H17FN2O2S. The van der Waals surface area contributed by atoms with Gasteiger partial charge in [0.05, 0.1) is 24.4 Å². The topological polar surface area (TPSA) is 55.1 Å². The minimum absolute atomic E-state index is 0.00834. The molecule has 0 saturated heterocycles. The average molecular weight is 380 g/mol. The Morgan fingerprint density at radius 2 is 2.00 bits per heavy atom. The second-order valence-corrected chi connectivity index (χ2v) is 7.33. The molecule has 4 nitrogen and oxygen atoms in total. The lowest BCUT2D eigenvalue weighted by molar-refractivity contribution is 0.154. The van der Waals surface area contributed by atoms with Crippen LogP contribution in [0.2, 0.25) is 0 Å². The van der Waals surface area contributed by atoms with Gasteiger partial charge in [0, 0.05) is 10.9 Å². The number of hydrogen-bond acceptors (Lipinski definition) is 4. The summed E-state index contributed by atoms with van der Waals surface area (Å²) in [4.78, 5) is 18.1. The largest absolute Gasteiger partial charge is 0.387 e. The summed E-state index contributed by atoms with van der Waals surface area (Å²) in [6, 6.07) is 13.7. The maximum atomic E-state index is 13.4. The van der Waals surface area contributed by atoms with E-state index in [4.69, 9.17) is 0 Å². The Hall–Kier alpha value is -2.83. The number of rotatable bonds is 4. The summed E-state index contributed by atoms with van der Waals surface area (Å²) in [6.07, 6.45) is 0.432. The lowest BCUT2D eigenvalue weighted by atomic mass is 10.0. The number of halogens is 1. The summed E-state index contributed by atoms with van der Waals surface area (Å²) in [5.41, 5.74) is 3.14. The van der Waals surface area contributed by atoms with Gasteiger partial charge in [0.25, 0.3) is 5.56 Å². The van der Waals surface area contributed by atoms with Gasteiger partial charge < -0.3 is 5.11 Å². The Labute approximate surface area is 159 Å². The zero-order chi connectivity index (χ0) is 19.0. The van der Waals surface area contributed by atoms with Crippen LogP contribution >= 0.6 is 11.3 Å². The van der Waals surface area contributed by atoms with Crippen molar-refractivity contribution in [3.8, 4) is 11.1 Å². The fourth-order valence-electron chi connectivity index (χ4n) is 3.05. The first-order chi connectivity index (χ1) is 13.0. The molecule has 0 aliphatic heterocycles. The first-order valence-corrected chi connectivity index (χ1v) is 9.38. The molecule has 136 valence electrons. The van der Waals surface area contributed by atoms with E-state index in [1.165, 1.54) is 40.4 Å². The number of aromatic nitrogens is 2. The molecule has 0 aliphatic rings. The Kier molecular flexibility index (Phi) is 4.59. The SMILES string of the molecule is Cc1ccc(-c2csc3ncn(CC(O)c4cccc(F)c4)c(=O)c23)cc1. The molecule has 0 aliphatic carbocycles. The molecule has 0 saturated carbocycles. The summed E-state index contributed by atoms with van der Waals surface area (Å²) in [6.45, 7) is 2.02. The molecular weight excluding hydrogens is 363 g/mol. The number of aliphatic hydroxyl groups is 1. The van der Waals surface area contributed by atoms with Crippen LogP contribution in [0.1, 0.15) is 17.2 Å². The lowest BCUT2D eigenvalue weighted by Crippen LogP contribution is -2.23. The van der Waals surface area contributed by atoms with E-state index in [2.05, 4.69) is 4.98 Å². The van der Waals surface area contributed by atoms with Crippen LogP contribution in [-0.2, 0) is 6.54 Å². The Morgan fingerprint density at radius 3 is 2.74 bits per heavy atom. The van der Waals surface area contributed by atoms with Gasteiger partial charge in [-0.1, -0.05) is 42.0 Å². The first-order valence-electron chi connectivity index (χ1n) is 8.50. The van der Waals surface area contributed by atoms with Gasteiger partial charge in [-0.05, 0) is 30.2 Å². The van der Waals surface area contributed by atoms with E-state index in [1.54, 1.807) is 6.07 Å². The molecule has 6 heteroatoms. The molecule has 0 spiro atoms. The number of aryl methyl sites for hydroxylation is 1. The smallest absolute Gasteiger partial charge is 0.262 e. The second-order valence-electron chi connectivity index (χ2n) is 6.47. The average Bonchev–Trinajstić information content (AvgIpc) is 3.09. The van der Waals surface area contributed by atoms with E-state index in [0.29, 0.717) is 15.8 Å². The predicted octanol–water partition coefficient (Wildman–Crippen LogP) is 4.31. The van der Waals surface area contributed by atoms with Crippen molar-refractivity contribution in [2.45, 2.75) is 19.6 Å². The quantitative estimate of drug-likeness (QED) is 0.574. The van der Waals surface area contributed by atoms with Gasteiger partial charge in [0.15, 0.2) is 0 Å². The highest BCUT2D eigenvalue weighted by Crippen LogP contribution is 2.30. The van der Waals surface area contributed by atoms with Gasteiger partial charge in [-0.3, -0.25) is 9.36 Å². The molecule has 4 aromatic rings. The van der Waals surface area contributed by atoms with Gasteiger partial charge in [-0.2, -0.15) is 0 Å². The third-order valence-corrected chi connectivity index (χ3v) is 5.41. The number of benzene rings is 2. The summed E-state index contributed by atoms with van der Waals surface area (Å²) < 4.78 is 14.8. The van der Waals surface area contributed by atoms with Crippen LogP contribution in [-0.4, -0.2) is 14.7 Å². The molecule has 0 amide bonds. The monoisotopic (exact) mass is 380 g/mol. The van der Waals surface area contributed by atoms with Crippen LogP contribution in [0, 0.1) is 12.7 Å². The van der Waals surface area contributed by atoms with E-state index in [9.17, 15) is 14.3 Å². The van der Waals surface area contributed by atoms with Crippen LogP contribution in [0.5, 0.6) is 0 Å². The number of aliphatic hydroxyl groups excluding tert-OH is 1.